The van der Waals surface area contributed by atoms with Crippen LogP contribution in [0.5, 0.6) is 11.5 Å². The highest BCUT2D eigenvalue weighted by Gasteiger charge is 2.24. The Bertz CT molecular complexity index is 1230. The van der Waals surface area contributed by atoms with E-state index in [9.17, 15) is 25.4 Å². The maximum Gasteiger partial charge on any atom is 0.274 e. The van der Waals surface area contributed by atoms with Crippen LogP contribution in [-0.2, 0) is 17.6 Å². The molecule has 1 aromatic carbocycles. The number of nitrogens with zero attached hydrogens (tertiary/aromatic N) is 3. The van der Waals surface area contributed by atoms with Crippen molar-refractivity contribution < 1.29 is 19.2 Å². The van der Waals surface area contributed by atoms with E-state index in [4.69, 9.17) is 9.47 Å². The summed E-state index contributed by atoms with van der Waals surface area (Å²) in [6, 6.07) is 6.36. The van der Waals surface area contributed by atoms with Gasteiger partial charge in [0.05, 0.1) is 23.7 Å². The maximum absolute atomic E-state index is 12.9. The predicted molar refractivity (Wildman–Crippen MR) is 123 cm³/mol. The van der Waals surface area contributed by atoms with Crippen molar-refractivity contribution in [2.45, 2.75) is 25.7 Å². The number of methoxy groups -OCH3 is 1. The van der Waals surface area contributed by atoms with Gasteiger partial charge in [0.15, 0.2) is 11.5 Å². The maximum atomic E-state index is 12.9. The third kappa shape index (κ3) is 5.03. The molecule has 10 heteroatoms. The van der Waals surface area contributed by atoms with E-state index in [0.29, 0.717) is 10.6 Å². The summed E-state index contributed by atoms with van der Waals surface area (Å²) >= 11 is 1.34. The molecule has 1 heterocycles. The van der Waals surface area contributed by atoms with Crippen LogP contribution in [0, 0.1) is 32.8 Å². The molecular weight excluding hydrogens is 444 g/mol. The quantitative estimate of drug-likeness (QED) is 0.199. The number of aryl methyl sites for hydroxylation is 1. The summed E-state index contributed by atoms with van der Waals surface area (Å²) in [6.07, 6.45) is 6.32. The number of hydrogen-bond acceptors (Lipinski definition) is 8. The number of fused-ring (bicyclic) bond motifs is 1. The molecule has 3 rings (SSSR count). The third-order valence-electron chi connectivity index (χ3n) is 5.02. The second-order valence-corrected chi connectivity index (χ2v) is 8.18. The van der Waals surface area contributed by atoms with E-state index in [1.165, 1.54) is 42.7 Å². The van der Waals surface area contributed by atoms with Crippen molar-refractivity contribution in [1.29, 1.82) is 10.5 Å². The number of nitro groups is 1. The molecule has 0 aliphatic heterocycles. The summed E-state index contributed by atoms with van der Waals surface area (Å²) in [5, 5.41) is 33.6. The first-order chi connectivity index (χ1) is 15.9. The fourth-order valence-electron chi connectivity index (χ4n) is 3.52. The zero-order valence-corrected chi connectivity index (χ0v) is 18.7. The number of nitrogens with one attached hydrogen (secondary N) is 1. The molecule has 0 spiro atoms. The zero-order valence-electron chi connectivity index (χ0n) is 17.8. The Kier molecular flexibility index (Phi) is 7.44. The van der Waals surface area contributed by atoms with Crippen molar-refractivity contribution in [2.24, 2.45) is 0 Å². The minimum atomic E-state index is -0.729. The van der Waals surface area contributed by atoms with Gasteiger partial charge in [-0.05, 0) is 37.3 Å². The van der Waals surface area contributed by atoms with Gasteiger partial charge in [-0.15, -0.1) is 11.3 Å². The molecule has 0 unspecified atom stereocenters. The van der Waals surface area contributed by atoms with Crippen molar-refractivity contribution in [3.8, 4) is 23.6 Å². The lowest BCUT2D eigenvalue weighted by atomic mass is 9.96. The highest BCUT2D eigenvalue weighted by Crippen LogP contribution is 2.39. The highest BCUT2D eigenvalue weighted by molar-refractivity contribution is 7.16. The molecule has 1 aliphatic carbocycles. The summed E-state index contributed by atoms with van der Waals surface area (Å²) in [4.78, 5) is 24.7. The number of carbonyl (C=O) groups excluding carboxylic acids is 1. The van der Waals surface area contributed by atoms with E-state index < -0.39 is 10.8 Å². The van der Waals surface area contributed by atoms with E-state index in [-0.39, 0.29) is 34.9 Å². The predicted octanol–water partition coefficient (Wildman–Crippen LogP) is 4.53. The molecule has 2 aromatic rings. The highest BCUT2D eigenvalue weighted by atomic mass is 32.1. The van der Waals surface area contributed by atoms with Gasteiger partial charge in [-0.2, -0.15) is 10.5 Å². The Morgan fingerprint density at radius 3 is 2.76 bits per heavy atom. The van der Waals surface area contributed by atoms with Crippen molar-refractivity contribution in [3.63, 3.8) is 0 Å². The fraction of sp³-hybridized carbons (Fsp3) is 0.261. The molecule has 0 saturated heterocycles. The number of amides is 1. The Morgan fingerprint density at radius 2 is 2.12 bits per heavy atom. The van der Waals surface area contributed by atoms with Crippen molar-refractivity contribution in [2.75, 3.05) is 19.0 Å². The second kappa shape index (κ2) is 10.4. The molecule has 33 heavy (non-hydrogen) atoms. The first-order valence-electron chi connectivity index (χ1n) is 10.0. The smallest absolute Gasteiger partial charge is 0.274 e. The van der Waals surface area contributed by atoms with Crippen LogP contribution >= 0.6 is 11.3 Å². The van der Waals surface area contributed by atoms with E-state index in [1.807, 2.05) is 6.07 Å². The van der Waals surface area contributed by atoms with E-state index in [1.54, 1.807) is 0 Å². The van der Waals surface area contributed by atoms with Gasteiger partial charge in [0.1, 0.15) is 29.3 Å². The summed E-state index contributed by atoms with van der Waals surface area (Å²) < 4.78 is 10.8. The van der Waals surface area contributed by atoms with Gasteiger partial charge in [0, 0.05) is 16.5 Å². The standard InChI is InChI=1S/C23H20N4O5S/c1-3-8-32-21-14(10-16(27(29)30)11-19(21)31-2)9-15(12-24)22(28)26-23-18(13-25)17-6-4-5-7-20(17)33-23/h3,9-11H,1,4-8H2,2H3,(H,26,28)/b15-9-. The zero-order chi connectivity index (χ0) is 24.0. The SMILES string of the molecule is C=CCOc1c(/C=C(/C#N)C(=O)Nc2sc3c(c2C#N)CCCC3)cc([N+](=O)[O-])cc1OC. The van der Waals surface area contributed by atoms with Crippen LogP contribution in [0.2, 0.25) is 0 Å². The van der Waals surface area contributed by atoms with Crippen LogP contribution < -0.4 is 14.8 Å². The molecule has 0 bridgehead atoms. The van der Waals surface area contributed by atoms with Crippen LogP contribution in [0.1, 0.15) is 34.4 Å². The number of ether oxygens (including phenoxy) is 2. The Morgan fingerprint density at radius 1 is 1.36 bits per heavy atom. The minimum Gasteiger partial charge on any atom is -0.493 e. The summed E-state index contributed by atoms with van der Waals surface area (Å²) in [6.45, 7) is 3.65. The van der Waals surface area contributed by atoms with E-state index in [2.05, 4.69) is 18.0 Å². The van der Waals surface area contributed by atoms with Gasteiger partial charge >= 0.3 is 0 Å². The number of hydrogen-bond donors (Lipinski definition) is 1. The number of anilines is 1. The molecule has 0 saturated carbocycles. The second-order valence-electron chi connectivity index (χ2n) is 7.07. The molecule has 9 nitrogen and oxygen atoms in total. The number of rotatable bonds is 8. The molecule has 0 fully saturated rings. The van der Waals surface area contributed by atoms with Crippen LogP contribution in [0.4, 0.5) is 10.7 Å². The number of nitro benzene ring substituents is 1. The number of benzene rings is 1. The van der Waals surface area contributed by atoms with Gasteiger partial charge in [-0.25, -0.2) is 0 Å². The lowest BCUT2D eigenvalue weighted by molar-refractivity contribution is -0.385. The first kappa shape index (κ1) is 23.5. The Balaban J connectivity index is 2.02. The van der Waals surface area contributed by atoms with Crippen LogP contribution in [0.15, 0.2) is 30.4 Å². The van der Waals surface area contributed by atoms with Gasteiger partial charge in [-0.1, -0.05) is 12.7 Å². The van der Waals surface area contributed by atoms with Gasteiger partial charge in [-0.3, -0.25) is 14.9 Å². The minimum absolute atomic E-state index is 0.0766. The average Bonchev–Trinajstić information content (AvgIpc) is 3.17. The summed E-state index contributed by atoms with van der Waals surface area (Å²) in [7, 11) is 1.33. The number of non-ortho nitro benzene ring substituents is 1. The molecule has 1 N–H and O–H groups in total. The number of carbonyl (C=O) groups is 1. The van der Waals surface area contributed by atoms with Crippen molar-refractivity contribution in [1.82, 2.24) is 0 Å². The molecular formula is C23H20N4O5S. The van der Waals surface area contributed by atoms with Crippen molar-refractivity contribution >= 4 is 34.0 Å². The number of nitriles is 2. The summed E-state index contributed by atoms with van der Waals surface area (Å²) in [5.41, 5.74) is 0.902. The molecule has 168 valence electrons. The molecule has 1 amide bonds. The molecule has 1 aromatic heterocycles. The first-order valence-corrected chi connectivity index (χ1v) is 10.8. The normalized spacial score (nSPS) is 12.6. The van der Waals surface area contributed by atoms with Gasteiger partial charge in [0.25, 0.3) is 11.6 Å². The molecule has 1 aliphatic rings. The third-order valence-corrected chi connectivity index (χ3v) is 6.23. The van der Waals surface area contributed by atoms with Gasteiger partial charge in [0.2, 0.25) is 0 Å². The monoisotopic (exact) mass is 464 g/mol. The Hall–Kier alpha value is -4.15. The van der Waals surface area contributed by atoms with E-state index in [0.717, 1.165) is 36.1 Å². The summed E-state index contributed by atoms with van der Waals surface area (Å²) in [5.74, 6) is -0.520. The average molecular weight is 465 g/mol. The number of thiophene rings is 1. The van der Waals surface area contributed by atoms with Crippen LogP contribution in [0.3, 0.4) is 0 Å². The van der Waals surface area contributed by atoms with Crippen LogP contribution in [-0.4, -0.2) is 24.5 Å². The van der Waals surface area contributed by atoms with Gasteiger partial charge < -0.3 is 14.8 Å². The molecule has 0 radical (unpaired) electrons. The van der Waals surface area contributed by atoms with Crippen molar-refractivity contribution in [3.05, 3.63) is 62.0 Å². The topological polar surface area (TPSA) is 138 Å². The Labute approximate surface area is 194 Å². The van der Waals surface area contributed by atoms with E-state index >= 15 is 0 Å². The molecule has 0 atom stereocenters. The lowest BCUT2D eigenvalue weighted by Gasteiger charge is -2.12. The lowest BCUT2D eigenvalue weighted by Crippen LogP contribution is -2.13. The largest absolute Gasteiger partial charge is 0.493 e. The fourth-order valence-corrected chi connectivity index (χ4v) is 4.75. The van der Waals surface area contributed by atoms with Crippen LogP contribution in [0.25, 0.3) is 6.08 Å².